The molecule has 110 valence electrons. The predicted molar refractivity (Wildman–Crippen MR) is 81.3 cm³/mol. The molecule has 0 spiro atoms. The molecule has 22 heavy (non-hydrogen) atoms. The predicted octanol–water partition coefficient (Wildman–Crippen LogP) is 3.93. The summed E-state index contributed by atoms with van der Waals surface area (Å²) in [6.45, 7) is 3.97. The lowest BCUT2D eigenvalue weighted by molar-refractivity contribution is -0.384. The molecule has 0 amide bonds. The SMILES string of the molecule is Cc1ccc(C)c(-c2nc(-c3ccc([N+](=O)[O-])cc3)no2)c1. The third-order valence-electron chi connectivity index (χ3n) is 3.39. The standard InChI is InChI=1S/C16H13N3O3/c1-10-3-4-11(2)14(9-10)16-17-15(18-22-16)12-5-7-13(8-6-12)19(20)21/h3-9H,1-2H3. The molecule has 1 aromatic heterocycles. The van der Waals surface area contributed by atoms with Crippen molar-refractivity contribution in [1.29, 1.82) is 0 Å². The third kappa shape index (κ3) is 2.58. The Bertz CT molecular complexity index is 838. The van der Waals surface area contributed by atoms with Gasteiger partial charge in [-0.2, -0.15) is 4.98 Å². The van der Waals surface area contributed by atoms with E-state index in [1.807, 2.05) is 32.0 Å². The Morgan fingerprint density at radius 2 is 1.82 bits per heavy atom. The van der Waals surface area contributed by atoms with Gasteiger partial charge in [0, 0.05) is 23.3 Å². The maximum absolute atomic E-state index is 10.7. The molecule has 3 aromatic rings. The number of nitro groups is 1. The molecule has 0 atom stereocenters. The van der Waals surface area contributed by atoms with Gasteiger partial charge in [0.2, 0.25) is 5.82 Å². The molecule has 6 nitrogen and oxygen atoms in total. The van der Waals surface area contributed by atoms with Crippen LogP contribution in [0.5, 0.6) is 0 Å². The number of nitro benzene ring substituents is 1. The van der Waals surface area contributed by atoms with Gasteiger partial charge in [-0.15, -0.1) is 0 Å². The smallest absolute Gasteiger partial charge is 0.269 e. The van der Waals surface area contributed by atoms with Crippen LogP contribution in [0.25, 0.3) is 22.8 Å². The molecule has 0 aliphatic rings. The minimum atomic E-state index is -0.443. The molecule has 6 heteroatoms. The van der Waals surface area contributed by atoms with E-state index in [2.05, 4.69) is 10.1 Å². The Hall–Kier alpha value is -3.02. The minimum Gasteiger partial charge on any atom is -0.334 e. The number of nitrogens with zero attached hydrogens (tertiary/aromatic N) is 3. The summed E-state index contributed by atoms with van der Waals surface area (Å²) in [4.78, 5) is 14.6. The Balaban J connectivity index is 1.96. The third-order valence-corrected chi connectivity index (χ3v) is 3.39. The van der Waals surface area contributed by atoms with E-state index in [0.717, 1.165) is 16.7 Å². The van der Waals surface area contributed by atoms with Gasteiger partial charge in [-0.1, -0.05) is 22.9 Å². The highest BCUT2D eigenvalue weighted by molar-refractivity contribution is 5.63. The van der Waals surface area contributed by atoms with Crippen LogP contribution in [0, 0.1) is 24.0 Å². The maximum atomic E-state index is 10.7. The average Bonchev–Trinajstić information content (AvgIpc) is 2.99. The van der Waals surface area contributed by atoms with Gasteiger partial charge in [0.1, 0.15) is 0 Å². The first kappa shape index (κ1) is 13.9. The van der Waals surface area contributed by atoms with E-state index >= 15 is 0 Å². The zero-order valence-electron chi connectivity index (χ0n) is 12.1. The molecular weight excluding hydrogens is 282 g/mol. The molecule has 0 radical (unpaired) electrons. The van der Waals surface area contributed by atoms with E-state index in [0.29, 0.717) is 17.3 Å². The van der Waals surface area contributed by atoms with Crippen molar-refractivity contribution in [2.45, 2.75) is 13.8 Å². The van der Waals surface area contributed by atoms with Crippen molar-refractivity contribution in [2.75, 3.05) is 0 Å². The van der Waals surface area contributed by atoms with Crippen molar-refractivity contribution in [3.63, 3.8) is 0 Å². The van der Waals surface area contributed by atoms with Crippen LogP contribution < -0.4 is 0 Å². The monoisotopic (exact) mass is 295 g/mol. The Kier molecular flexibility index (Phi) is 3.42. The summed E-state index contributed by atoms with van der Waals surface area (Å²) in [7, 11) is 0. The van der Waals surface area contributed by atoms with E-state index < -0.39 is 4.92 Å². The maximum Gasteiger partial charge on any atom is 0.269 e. The van der Waals surface area contributed by atoms with Crippen LogP contribution in [-0.2, 0) is 0 Å². The van der Waals surface area contributed by atoms with Gasteiger partial charge in [0.25, 0.3) is 11.6 Å². The van der Waals surface area contributed by atoms with Crippen LogP contribution in [0.1, 0.15) is 11.1 Å². The molecular formula is C16H13N3O3. The number of non-ortho nitro benzene ring substituents is 1. The summed E-state index contributed by atoms with van der Waals surface area (Å²) in [6.07, 6.45) is 0. The highest BCUT2D eigenvalue weighted by Gasteiger charge is 2.14. The lowest BCUT2D eigenvalue weighted by atomic mass is 10.1. The molecule has 1 heterocycles. The largest absolute Gasteiger partial charge is 0.334 e. The first-order chi connectivity index (χ1) is 10.5. The molecule has 2 aromatic carbocycles. The van der Waals surface area contributed by atoms with Gasteiger partial charge in [-0.05, 0) is 37.6 Å². The Labute approximate surface area is 126 Å². The van der Waals surface area contributed by atoms with E-state index in [9.17, 15) is 10.1 Å². The summed E-state index contributed by atoms with van der Waals surface area (Å²) in [5, 5.41) is 14.6. The van der Waals surface area contributed by atoms with E-state index in [1.54, 1.807) is 12.1 Å². The van der Waals surface area contributed by atoms with Gasteiger partial charge in [-0.3, -0.25) is 10.1 Å². The zero-order valence-corrected chi connectivity index (χ0v) is 12.1. The summed E-state index contributed by atoms with van der Waals surface area (Å²) in [5.41, 5.74) is 3.74. The lowest BCUT2D eigenvalue weighted by Crippen LogP contribution is -1.88. The molecule has 0 bridgehead atoms. The number of rotatable bonds is 3. The highest BCUT2D eigenvalue weighted by Crippen LogP contribution is 2.26. The highest BCUT2D eigenvalue weighted by atomic mass is 16.6. The second-order valence-corrected chi connectivity index (χ2v) is 5.05. The van der Waals surface area contributed by atoms with Crippen molar-refractivity contribution >= 4 is 5.69 Å². The van der Waals surface area contributed by atoms with Crippen molar-refractivity contribution in [3.05, 3.63) is 63.7 Å². The number of aryl methyl sites for hydroxylation is 2. The number of hydrogen-bond acceptors (Lipinski definition) is 5. The quantitative estimate of drug-likeness (QED) is 0.540. The first-order valence-corrected chi connectivity index (χ1v) is 6.71. The molecule has 0 saturated carbocycles. The number of benzene rings is 2. The van der Waals surface area contributed by atoms with E-state index in [4.69, 9.17) is 4.52 Å². The van der Waals surface area contributed by atoms with Crippen LogP contribution in [0.2, 0.25) is 0 Å². The fourth-order valence-electron chi connectivity index (χ4n) is 2.15. The molecule has 3 rings (SSSR count). The summed E-state index contributed by atoms with van der Waals surface area (Å²) < 4.78 is 5.32. The molecule has 0 N–H and O–H groups in total. The van der Waals surface area contributed by atoms with Gasteiger partial charge in [0.05, 0.1) is 4.92 Å². The molecule has 0 saturated heterocycles. The zero-order chi connectivity index (χ0) is 15.7. The van der Waals surface area contributed by atoms with Crippen molar-refractivity contribution in [2.24, 2.45) is 0 Å². The van der Waals surface area contributed by atoms with Gasteiger partial charge in [0.15, 0.2) is 0 Å². The minimum absolute atomic E-state index is 0.0296. The van der Waals surface area contributed by atoms with Crippen LogP contribution in [-0.4, -0.2) is 15.1 Å². The second-order valence-electron chi connectivity index (χ2n) is 5.05. The van der Waals surface area contributed by atoms with Gasteiger partial charge >= 0.3 is 0 Å². The number of hydrogen-bond donors (Lipinski definition) is 0. The molecule has 0 aliphatic carbocycles. The van der Waals surface area contributed by atoms with E-state index in [1.165, 1.54) is 12.1 Å². The van der Waals surface area contributed by atoms with Crippen LogP contribution in [0.3, 0.4) is 0 Å². The summed E-state index contributed by atoms with van der Waals surface area (Å²) in [6, 6.07) is 12.1. The molecule has 0 fully saturated rings. The summed E-state index contributed by atoms with van der Waals surface area (Å²) in [5.74, 6) is 0.848. The van der Waals surface area contributed by atoms with Crippen molar-refractivity contribution < 1.29 is 9.45 Å². The Morgan fingerprint density at radius 3 is 2.50 bits per heavy atom. The van der Waals surface area contributed by atoms with Gasteiger partial charge < -0.3 is 4.52 Å². The lowest BCUT2D eigenvalue weighted by Gasteiger charge is -2.01. The summed E-state index contributed by atoms with van der Waals surface area (Å²) >= 11 is 0. The van der Waals surface area contributed by atoms with Gasteiger partial charge in [-0.25, -0.2) is 0 Å². The fraction of sp³-hybridized carbons (Fsp3) is 0.125. The van der Waals surface area contributed by atoms with Crippen LogP contribution >= 0.6 is 0 Å². The van der Waals surface area contributed by atoms with Crippen LogP contribution in [0.4, 0.5) is 5.69 Å². The Morgan fingerprint density at radius 1 is 1.09 bits per heavy atom. The molecule has 0 unspecified atom stereocenters. The average molecular weight is 295 g/mol. The fourth-order valence-corrected chi connectivity index (χ4v) is 2.15. The molecule has 0 aliphatic heterocycles. The normalized spacial score (nSPS) is 10.6. The topological polar surface area (TPSA) is 82.1 Å². The number of aromatic nitrogens is 2. The van der Waals surface area contributed by atoms with Crippen molar-refractivity contribution in [1.82, 2.24) is 10.1 Å². The van der Waals surface area contributed by atoms with Crippen LogP contribution in [0.15, 0.2) is 47.0 Å². The van der Waals surface area contributed by atoms with Crippen molar-refractivity contribution in [3.8, 4) is 22.8 Å². The van der Waals surface area contributed by atoms with E-state index in [-0.39, 0.29) is 5.69 Å². The first-order valence-electron chi connectivity index (χ1n) is 6.71. The second kappa shape index (κ2) is 5.40.